The van der Waals surface area contributed by atoms with E-state index in [-0.39, 0.29) is 0 Å². The van der Waals surface area contributed by atoms with Gasteiger partial charge in [0.1, 0.15) is 11.8 Å². The van der Waals surface area contributed by atoms with Crippen LogP contribution in [0.2, 0.25) is 0 Å². The normalized spacial score (nSPS) is 10.2. The fourth-order valence-electron chi connectivity index (χ4n) is 2.09. The van der Waals surface area contributed by atoms with Crippen LogP contribution in [0.3, 0.4) is 0 Å². The molecule has 0 fully saturated rings. The maximum atomic E-state index is 9.23. The van der Waals surface area contributed by atoms with Crippen molar-refractivity contribution >= 4 is 5.69 Å². The van der Waals surface area contributed by atoms with Gasteiger partial charge in [-0.2, -0.15) is 5.26 Å². The second kappa shape index (κ2) is 7.38. The zero-order chi connectivity index (χ0) is 15.9. The summed E-state index contributed by atoms with van der Waals surface area (Å²) in [5.74, 6) is 1.55. The Labute approximate surface area is 129 Å². The molecule has 0 spiro atoms. The lowest BCUT2D eigenvalue weighted by atomic mass is 10.3. The lowest BCUT2D eigenvalue weighted by Gasteiger charge is -2.14. The van der Waals surface area contributed by atoms with E-state index in [4.69, 9.17) is 19.9 Å². The molecule has 0 aliphatic rings. The molecule has 0 aliphatic heterocycles. The van der Waals surface area contributed by atoms with Crippen molar-refractivity contribution in [3.63, 3.8) is 0 Å². The summed E-state index contributed by atoms with van der Waals surface area (Å²) in [6, 6.07) is 11.0. The van der Waals surface area contributed by atoms with Crippen molar-refractivity contribution in [1.29, 1.82) is 5.26 Å². The molecule has 0 radical (unpaired) electrons. The highest BCUT2D eigenvalue weighted by molar-refractivity contribution is 5.57. The minimum Gasteiger partial charge on any atom is -0.493 e. The Hall–Kier alpha value is -2.65. The Balaban J connectivity index is 2.33. The number of aromatic nitrogens is 1. The first-order valence-corrected chi connectivity index (χ1v) is 6.99. The third-order valence-corrected chi connectivity index (χ3v) is 3.13. The van der Waals surface area contributed by atoms with Crippen LogP contribution in [-0.2, 0) is 11.3 Å². The number of rotatable bonds is 7. The van der Waals surface area contributed by atoms with Crippen LogP contribution in [-0.4, -0.2) is 24.9 Å². The van der Waals surface area contributed by atoms with Crippen molar-refractivity contribution in [2.45, 2.75) is 13.5 Å². The molecule has 116 valence electrons. The van der Waals surface area contributed by atoms with Crippen molar-refractivity contribution < 1.29 is 14.2 Å². The predicted octanol–water partition coefficient (Wildman–Crippen LogP) is 2.78. The standard InChI is InChI=1S/C16H19N3O3/c1-3-21-9-8-19-12(11-17)10-13(18)16(19)22-15-7-5-4-6-14(15)20-2/h4-7,10H,3,8-9,18H2,1-2H3. The largest absolute Gasteiger partial charge is 0.493 e. The van der Waals surface area contributed by atoms with Gasteiger partial charge in [0, 0.05) is 12.7 Å². The highest BCUT2D eigenvalue weighted by atomic mass is 16.5. The number of methoxy groups -OCH3 is 1. The van der Waals surface area contributed by atoms with E-state index in [1.807, 2.05) is 19.1 Å². The molecular weight excluding hydrogens is 282 g/mol. The number of nitrogens with zero attached hydrogens (tertiary/aromatic N) is 2. The van der Waals surface area contributed by atoms with Crippen LogP contribution in [0.15, 0.2) is 30.3 Å². The molecule has 0 saturated carbocycles. The molecule has 0 bridgehead atoms. The van der Waals surface area contributed by atoms with E-state index < -0.39 is 0 Å². The smallest absolute Gasteiger partial charge is 0.224 e. The fraction of sp³-hybridized carbons (Fsp3) is 0.312. The van der Waals surface area contributed by atoms with Gasteiger partial charge in [-0.05, 0) is 19.1 Å². The molecule has 6 nitrogen and oxygen atoms in total. The van der Waals surface area contributed by atoms with Gasteiger partial charge in [0.25, 0.3) is 0 Å². The number of hydrogen-bond donors (Lipinski definition) is 1. The Morgan fingerprint density at radius 2 is 2.00 bits per heavy atom. The van der Waals surface area contributed by atoms with E-state index in [9.17, 15) is 5.26 Å². The summed E-state index contributed by atoms with van der Waals surface area (Å²) in [5.41, 5.74) is 6.82. The van der Waals surface area contributed by atoms with Gasteiger partial charge in [0.15, 0.2) is 11.5 Å². The topological polar surface area (TPSA) is 82.4 Å². The lowest BCUT2D eigenvalue weighted by Crippen LogP contribution is -2.09. The minimum atomic E-state index is 0.402. The van der Waals surface area contributed by atoms with E-state index in [1.165, 1.54) is 0 Å². The first kappa shape index (κ1) is 15.7. The summed E-state index contributed by atoms with van der Waals surface area (Å²) < 4.78 is 18.2. The maximum absolute atomic E-state index is 9.23. The second-order valence-corrected chi connectivity index (χ2v) is 4.50. The highest BCUT2D eigenvalue weighted by Crippen LogP contribution is 2.35. The number of hydrogen-bond acceptors (Lipinski definition) is 5. The highest BCUT2D eigenvalue weighted by Gasteiger charge is 2.16. The molecule has 1 aromatic heterocycles. The molecule has 1 aromatic carbocycles. The number of para-hydroxylation sites is 2. The average Bonchev–Trinajstić information content (AvgIpc) is 2.84. The van der Waals surface area contributed by atoms with Crippen molar-refractivity contribution in [3.05, 3.63) is 36.0 Å². The summed E-state index contributed by atoms with van der Waals surface area (Å²) >= 11 is 0. The molecule has 6 heteroatoms. The SMILES string of the molecule is CCOCCn1c(C#N)cc(N)c1Oc1ccccc1OC. The molecule has 0 aliphatic carbocycles. The van der Waals surface area contributed by atoms with Crippen LogP contribution in [0.1, 0.15) is 12.6 Å². The van der Waals surface area contributed by atoms with Crippen molar-refractivity contribution in [3.8, 4) is 23.4 Å². The molecule has 2 aromatic rings. The van der Waals surface area contributed by atoms with Crippen molar-refractivity contribution in [2.24, 2.45) is 0 Å². The Bertz CT molecular complexity index is 674. The summed E-state index contributed by atoms with van der Waals surface area (Å²) in [5, 5.41) is 9.23. The quantitative estimate of drug-likeness (QED) is 0.795. The molecule has 0 saturated heterocycles. The van der Waals surface area contributed by atoms with E-state index >= 15 is 0 Å². The van der Waals surface area contributed by atoms with Crippen molar-refractivity contribution in [1.82, 2.24) is 4.57 Å². The van der Waals surface area contributed by atoms with Crippen LogP contribution in [0.5, 0.6) is 17.4 Å². The van der Waals surface area contributed by atoms with Crippen LogP contribution >= 0.6 is 0 Å². The van der Waals surface area contributed by atoms with E-state index in [1.54, 1.807) is 29.9 Å². The predicted molar refractivity (Wildman–Crippen MR) is 83.1 cm³/mol. The van der Waals surface area contributed by atoms with Gasteiger partial charge in [-0.1, -0.05) is 12.1 Å². The monoisotopic (exact) mass is 301 g/mol. The number of anilines is 1. The third kappa shape index (κ3) is 3.32. The zero-order valence-electron chi connectivity index (χ0n) is 12.7. The van der Waals surface area contributed by atoms with Gasteiger partial charge in [-0.25, -0.2) is 0 Å². The van der Waals surface area contributed by atoms with Gasteiger partial charge in [0.05, 0.1) is 25.9 Å². The van der Waals surface area contributed by atoms with E-state index in [2.05, 4.69) is 6.07 Å². The number of ether oxygens (including phenoxy) is 3. The summed E-state index contributed by atoms with van der Waals surface area (Å²) in [6.07, 6.45) is 0. The van der Waals surface area contributed by atoms with Crippen LogP contribution in [0, 0.1) is 11.3 Å². The summed E-state index contributed by atoms with van der Waals surface area (Å²) in [4.78, 5) is 0. The van der Waals surface area contributed by atoms with Crippen LogP contribution < -0.4 is 15.2 Å². The summed E-state index contributed by atoms with van der Waals surface area (Å²) in [7, 11) is 1.57. The first-order chi connectivity index (χ1) is 10.7. The Morgan fingerprint density at radius 3 is 2.64 bits per heavy atom. The molecule has 22 heavy (non-hydrogen) atoms. The molecular formula is C16H19N3O3. The van der Waals surface area contributed by atoms with Gasteiger partial charge in [-0.3, -0.25) is 4.57 Å². The lowest BCUT2D eigenvalue weighted by molar-refractivity contribution is 0.137. The third-order valence-electron chi connectivity index (χ3n) is 3.13. The molecule has 0 amide bonds. The van der Waals surface area contributed by atoms with Gasteiger partial charge < -0.3 is 19.9 Å². The van der Waals surface area contributed by atoms with Gasteiger partial charge in [0.2, 0.25) is 5.88 Å². The maximum Gasteiger partial charge on any atom is 0.224 e. The van der Waals surface area contributed by atoms with Gasteiger partial charge in [-0.15, -0.1) is 0 Å². The van der Waals surface area contributed by atoms with Crippen molar-refractivity contribution in [2.75, 3.05) is 26.1 Å². The average molecular weight is 301 g/mol. The summed E-state index contributed by atoms with van der Waals surface area (Å²) in [6.45, 7) is 3.49. The molecule has 0 unspecified atom stereocenters. The second-order valence-electron chi connectivity index (χ2n) is 4.50. The van der Waals surface area contributed by atoms with Gasteiger partial charge >= 0.3 is 0 Å². The first-order valence-electron chi connectivity index (χ1n) is 6.99. The number of nitrogens with two attached hydrogens (primary N) is 1. The van der Waals surface area contributed by atoms with E-state index in [0.717, 1.165) is 0 Å². The minimum absolute atomic E-state index is 0.402. The zero-order valence-corrected chi connectivity index (χ0v) is 12.7. The molecule has 0 atom stereocenters. The van der Waals surface area contributed by atoms with Crippen LogP contribution in [0.25, 0.3) is 0 Å². The molecule has 2 N–H and O–H groups in total. The number of nitriles is 1. The number of benzene rings is 1. The Kier molecular flexibility index (Phi) is 5.28. The Morgan fingerprint density at radius 1 is 1.27 bits per heavy atom. The van der Waals surface area contributed by atoms with E-state index in [0.29, 0.717) is 48.5 Å². The fourth-order valence-corrected chi connectivity index (χ4v) is 2.09. The molecule has 2 rings (SSSR count). The van der Waals surface area contributed by atoms with Crippen LogP contribution in [0.4, 0.5) is 5.69 Å². The molecule has 1 heterocycles. The number of nitrogen functional groups attached to an aromatic ring is 1.